The van der Waals surface area contributed by atoms with Gasteiger partial charge in [0.05, 0.1) is 33.6 Å². The first-order chi connectivity index (χ1) is 11.6. The second-order valence-electron chi connectivity index (χ2n) is 5.18. The van der Waals surface area contributed by atoms with Gasteiger partial charge < -0.3 is 9.47 Å². The second-order valence-corrected chi connectivity index (χ2v) is 6.76. The predicted molar refractivity (Wildman–Crippen MR) is 90.3 cm³/mol. The fourth-order valence-electron chi connectivity index (χ4n) is 2.29. The van der Waals surface area contributed by atoms with Gasteiger partial charge in [-0.1, -0.05) is 12.1 Å². The molecule has 0 aliphatic rings. The summed E-state index contributed by atoms with van der Waals surface area (Å²) in [4.78, 5) is 9.30. The second kappa shape index (κ2) is 6.92. The van der Waals surface area contributed by atoms with Crippen LogP contribution in [0.1, 0.15) is 5.56 Å². The van der Waals surface area contributed by atoms with Crippen molar-refractivity contribution in [2.45, 2.75) is 11.5 Å². The van der Waals surface area contributed by atoms with E-state index in [2.05, 4.69) is 9.97 Å². The fraction of sp³-hybridized carbons (Fsp3) is 0.176. The van der Waals surface area contributed by atoms with E-state index in [9.17, 15) is 4.39 Å². The number of halogens is 1. The topological polar surface area (TPSA) is 69.8 Å². The fourth-order valence-corrected chi connectivity index (χ4v) is 2.92. The number of rotatable bonds is 5. The smallest absolute Gasteiger partial charge is 0.224 e. The molecule has 1 aromatic heterocycles. The quantitative estimate of drug-likeness (QED) is 0.766. The minimum Gasteiger partial charge on any atom is -0.494 e. The number of hydrogen-bond donors (Lipinski definition) is 1. The molecule has 0 radical (unpaired) electrons. The van der Waals surface area contributed by atoms with E-state index in [1.807, 2.05) is 30.5 Å². The minimum atomic E-state index is -0.482. The molecule has 7 heteroatoms. The molecule has 3 aromatic rings. The van der Waals surface area contributed by atoms with Crippen LogP contribution in [0.15, 0.2) is 47.6 Å². The van der Waals surface area contributed by atoms with Crippen LogP contribution in [0, 0.1) is 5.82 Å². The van der Waals surface area contributed by atoms with Crippen molar-refractivity contribution >= 4 is 21.6 Å². The lowest BCUT2D eigenvalue weighted by atomic mass is 10.2. The number of benzene rings is 2. The molecule has 1 atom stereocenters. The zero-order valence-electron chi connectivity index (χ0n) is 13.3. The van der Waals surface area contributed by atoms with Crippen molar-refractivity contribution in [1.82, 2.24) is 9.97 Å². The first-order valence-electron chi connectivity index (χ1n) is 7.19. The molecule has 0 amide bonds. The van der Waals surface area contributed by atoms with E-state index in [0.717, 1.165) is 10.5 Å². The van der Waals surface area contributed by atoms with Gasteiger partial charge in [-0.3, -0.25) is 0 Å². The van der Waals surface area contributed by atoms with E-state index in [-0.39, 0.29) is 16.4 Å². The molecule has 24 heavy (non-hydrogen) atoms. The summed E-state index contributed by atoms with van der Waals surface area (Å²) in [6, 6.07) is 10.7. The Labute approximate surface area is 141 Å². The van der Waals surface area contributed by atoms with Crippen molar-refractivity contribution in [3.05, 3.63) is 54.1 Å². The largest absolute Gasteiger partial charge is 0.494 e. The Bertz CT molecular complexity index is 917. The third-order valence-electron chi connectivity index (χ3n) is 3.52. The summed E-state index contributed by atoms with van der Waals surface area (Å²) in [5, 5.41) is 0.501. The molecular weight excluding hydrogens is 329 g/mol. The van der Waals surface area contributed by atoms with E-state index < -0.39 is 5.82 Å². The van der Waals surface area contributed by atoms with E-state index in [1.54, 1.807) is 0 Å². The maximum atomic E-state index is 14.0. The molecule has 5 nitrogen and oxygen atoms in total. The van der Waals surface area contributed by atoms with Crippen molar-refractivity contribution in [3.8, 4) is 11.6 Å². The van der Waals surface area contributed by atoms with Gasteiger partial charge in [-0.2, -0.15) is 0 Å². The van der Waals surface area contributed by atoms with Gasteiger partial charge >= 0.3 is 0 Å². The number of nitrogens with zero attached hydrogens (tertiary/aromatic N) is 2. The van der Waals surface area contributed by atoms with E-state index >= 15 is 0 Å². The van der Waals surface area contributed by atoms with Crippen molar-refractivity contribution in [2.75, 3.05) is 13.4 Å². The third-order valence-corrected chi connectivity index (χ3v) is 4.52. The van der Waals surface area contributed by atoms with Crippen molar-refractivity contribution < 1.29 is 18.6 Å². The van der Waals surface area contributed by atoms with Crippen LogP contribution in [0.2, 0.25) is 0 Å². The van der Waals surface area contributed by atoms with E-state index in [1.165, 1.54) is 25.6 Å². The summed E-state index contributed by atoms with van der Waals surface area (Å²) in [5.74, 6) is -0.0159. The minimum absolute atomic E-state index is 0.137. The summed E-state index contributed by atoms with van der Waals surface area (Å²) in [5.41, 5.74) is 1.53. The molecule has 0 bridgehead atoms. The van der Waals surface area contributed by atoms with Gasteiger partial charge in [0.15, 0.2) is 11.6 Å². The lowest BCUT2D eigenvalue weighted by Crippen LogP contribution is -2.33. The van der Waals surface area contributed by atoms with Gasteiger partial charge in [-0.25, -0.2) is 19.1 Å². The van der Waals surface area contributed by atoms with E-state index in [4.69, 9.17) is 14.3 Å². The molecule has 0 spiro atoms. The number of nitrogens with two attached hydrogens (primary N) is 1. The number of hydrogen-bond acceptors (Lipinski definition) is 4. The highest BCUT2D eigenvalue weighted by Gasteiger charge is 2.11. The van der Waals surface area contributed by atoms with Crippen molar-refractivity contribution in [1.29, 1.82) is 0 Å². The Balaban J connectivity index is 1.89. The SMILES string of the molecule is COc1cc2ncnc(OCc3cccc(S(C)=[NH2+])c3)c2cc1F. The van der Waals surface area contributed by atoms with Gasteiger partial charge in [0.1, 0.15) is 12.9 Å². The highest BCUT2D eigenvalue weighted by atomic mass is 32.2. The number of aromatic nitrogens is 2. The summed E-state index contributed by atoms with van der Waals surface area (Å²) >= 11 is 0. The number of ether oxygens (including phenoxy) is 2. The molecule has 0 saturated heterocycles. The average Bonchev–Trinajstić information content (AvgIpc) is 2.59. The number of fused-ring (bicyclic) bond motifs is 1. The van der Waals surface area contributed by atoms with Crippen LogP contribution >= 0.6 is 0 Å². The molecule has 2 aromatic carbocycles. The highest BCUT2D eigenvalue weighted by molar-refractivity contribution is 7.83. The molecule has 0 aliphatic heterocycles. The Morgan fingerprint density at radius 2 is 2.04 bits per heavy atom. The average molecular weight is 346 g/mol. The molecule has 1 unspecified atom stereocenters. The molecule has 0 aliphatic carbocycles. The first kappa shape index (κ1) is 16.3. The zero-order chi connectivity index (χ0) is 17.1. The summed E-state index contributed by atoms with van der Waals surface area (Å²) < 4.78 is 30.6. The van der Waals surface area contributed by atoms with Crippen LogP contribution < -0.4 is 14.3 Å². The summed E-state index contributed by atoms with van der Waals surface area (Å²) in [6.45, 7) is 0.310. The van der Waals surface area contributed by atoms with Gasteiger partial charge in [-0.05, 0) is 23.8 Å². The summed E-state index contributed by atoms with van der Waals surface area (Å²) in [6.07, 6.45) is 3.34. The van der Waals surface area contributed by atoms with Crippen LogP contribution in [0.25, 0.3) is 10.9 Å². The predicted octanol–water partition coefficient (Wildman–Crippen LogP) is 1.91. The van der Waals surface area contributed by atoms with Crippen LogP contribution in [0.5, 0.6) is 11.6 Å². The molecule has 3 rings (SSSR count). The van der Waals surface area contributed by atoms with Gasteiger partial charge in [-0.15, -0.1) is 0 Å². The van der Waals surface area contributed by atoms with E-state index in [0.29, 0.717) is 23.4 Å². The van der Waals surface area contributed by atoms with Gasteiger partial charge in [0.25, 0.3) is 0 Å². The lowest BCUT2D eigenvalue weighted by Gasteiger charge is -2.10. The van der Waals surface area contributed by atoms with Crippen LogP contribution in [-0.4, -0.2) is 23.3 Å². The standard InChI is InChI=1S/C17H16FN3O2S/c1-22-16-8-15-13(7-14(16)18)17(21-10-20-15)23-9-11-4-3-5-12(6-11)24(2)19/h3-8,10,19H,9H2,1-2H3/p+1. The van der Waals surface area contributed by atoms with Crippen LogP contribution in [-0.2, 0) is 17.3 Å². The Morgan fingerprint density at radius 1 is 1.21 bits per heavy atom. The van der Waals surface area contributed by atoms with Crippen LogP contribution in [0.4, 0.5) is 4.39 Å². The maximum Gasteiger partial charge on any atom is 0.224 e. The van der Waals surface area contributed by atoms with Gasteiger partial charge in [0.2, 0.25) is 5.88 Å². The Kier molecular flexibility index (Phi) is 4.71. The van der Waals surface area contributed by atoms with Crippen molar-refractivity contribution in [3.63, 3.8) is 0 Å². The molecule has 1 heterocycles. The van der Waals surface area contributed by atoms with Crippen molar-refractivity contribution in [2.24, 2.45) is 0 Å². The molecule has 2 N–H and O–H groups in total. The van der Waals surface area contributed by atoms with Gasteiger partial charge in [0, 0.05) is 12.3 Å². The number of methoxy groups -OCH3 is 1. The Hall–Kier alpha value is -2.54. The molecular formula is C17H17FN3O2S+. The highest BCUT2D eigenvalue weighted by Crippen LogP contribution is 2.28. The maximum absolute atomic E-state index is 14.0. The molecule has 0 fully saturated rings. The first-order valence-corrected chi connectivity index (χ1v) is 8.88. The van der Waals surface area contributed by atoms with Crippen LogP contribution in [0.3, 0.4) is 0 Å². The Morgan fingerprint density at radius 3 is 2.79 bits per heavy atom. The lowest BCUT2D eigenvalue weighted by molar-refractivity contribution is -0.0750. The summed E-state index contributed by atoms with van der Waals surface area (Å²) in [7, 11) is 1.10. The molecule has 0 saturated carbocycles. The monoisotopic (exact) mass is 346 g/mol. The third kappa shape index (κ3) is 3.35. The normalized spacial score (nSPS) is 12.1. The zero-order valence-corrected chi connectivity index (χ0v) is 14.1. The molecule has 124 valence electrons.